The Morgan fingerprint density at radius 2 is 1.76 bits per heavy atom. The lowest BCUT2D eigenvalue weighted by Crippen LogP contribution is -2.45. The molecule has 0 amide bonds. The summed E-state index contributed by atoms with van der Waals surface area (Å²) in [6.45, 7) is 1.45. The topological polar surface area (TPSA) is 138 Å². The van der Waals surface area contributed by atoms with Gasteiger partial charge in [-0.2, -0.15) is 10.1 Å². The van der Waals surface area contributed by atoms with Gasteiger partial charge in [0.2, 0.25) is 5.95 Å². The molecule has 37 heavy (non-hydrogen) atoms. The first-order valence-corrected chi connectivity index (χ1v) is 14.1. The summed E-state index contributed by atoms with van der Waals surface area (Å²) in [6.07, 6.45) is 2.78. The van der Waals surface area contributed by atoms with Crippen molar-refractivity contribution in [1.29, 1.82) is 0 Å². The number of nitrogens with zero attached hydrogens (tertiary/aromatic N) is 3. The molecule has 4 N–H and O–H groups in total. The van der Waals surface area contributed by atoms with Crippen LogP contribution in [-0.2, 0) is 22.0 Å². The van der Waals surface area contributed by atoms with E-state index in [0.717, 1.165) is 37.9 Å². The highest BCUT2D eigenvalue weighted by Crippen LogP contribution is 2.50. The van der Waals surface area contributed by atoms with Crippen LogP contribution in [0.3, 0.4) is 0 Å². The highest BCUT2D eigenvalue weighted by Gasteiger charge is 2.46. The minimum atomic E-state index is -3.47. The SMILES string of the molecule is N[C@@H]1c2ccccc2CC12CCN(c1nc3n[nH]c(C4=CS(=O)(=O)Cc5ccccc54)c3c(=O)[nH]1)CC2. The van der Waals surface area contributed by atoms with Crippen LogP contribution in [-0.4, -0.2) is 41.7 Å². The van der Waals surface area contributed by atoms with Gasteiger partial charge in [0.15, 0.2) is 15.5 Å². The summed E-state index contributed by atoms with van der Waals surface area (Å²) in [6, 6.07) is 15.7. The van der Waals surface area contributed by atoms with Crippen LogP contribution in [0.4, 0.5) is 5.95 Å². The zero-order valence-electron chi connectivity index (χ0n) is 20.1. The Labute approximate surface area is 213 Å². The lowest BCUT2D eigenvalue weighted by molar-refractivity contribution is 0.187. The van der Waals surface area contributed by atoms with E-state index in [1.807, 2.05) is 24.3 Å². The van der Waals surface area contributed by atoms with Gasteiger partial charge in [-0.25, -0.2) is 8.42 Å². The van der Waals surface area contributed by atoms with Crippen molar-refractivity contribution < 1.29 is 8.42 Å². The number of hydrogen-bond acceptors (Lipinski definition) is 7. The van der Waals surface area contributed by atoms with Crippen LogP contribution in [0.1, 0.15) is 46.8 Å². The van der Waals surface area contributed by atoms with E-state index in [1.54, 1.807) is 6.07 Å². The van der Waals surface area contributed by atoms with E-state index in [1.165, 1.54) is 16.5 Å². The maximum atomic E-state index is 13.3. The highest BCUT2D eigenvalue weighted by atomic mass is 32.2. The van der Waals surface area contributed by atoms with Gasteiger partial charge in [0.1, 0.15) is 5.39 Å². The number of nitrogens with two attached hydrogens (primary N) is 1. The van der Waals surface area contributed by atoms with Crippen LogP contribution in [0.15, 0.2) is 58.7 Å². The Balaban J connectivity index is 1.21. The molecule has 1 saturated heterocycles. The van der Waals surface area contributed by atoms with Crippen molar-refractivity contribution in [2.24, 2.45) is 11.1 Å². The minimum Gasteiger partial charge on any atom is -0.342 e. The van der Waals surface area contributed by atoms with Crippen molar-refractivity contribution in [2.45, 2.75) is 31.1 Å². The largest absolute Gasteiger partial charge is 0.342 e. The van der Waals surface area contributed by atoms with Gasteiger partial charge in [-0.05, 0) is 46.9 Å². The van der Waals surface area contributed by atoms with Crippen LogP contribution in [0.2, 0.25) is 0 Å². The molecule has 0 saturated carbocycles. The molecule has 1 atom stereocenters. The van der Waals surface area contributed by atoms with Crippen molar-refractivity contribution in [3.05, 3.63) is 92.2 Å². The minimum absolute atomic E-state index is 0.0113. The molecule has 2 aliphatic heterocycles. The molecule has 1 aliphatic carbocycles. The number of nitrogens with one attached hydrogen (secondary N) is 2. The predicted octanol–water partition coefficient (Wildman–Crippen LogP) is 2.81. The number of sulfone groups is 1. The number of H-pyrrole nitrogens is 2. The lowest BCUT2D eigenvalue weighted by Gasteiger charge is -2.42. The third-order valence-electron chi connectivity index (χ3n) is 8.29. The lowest BCUT2D eigenvalue weighted by atomic mass is 9.73. The first-order valence-electron chi connectivity index (χ1n) is 12.4. The van der Waals surface area contributed by atoms with Crippen LogP contribution < -0.4 is 16.2 Å². The predicted molar refractivity (Wildman–Crippen MR) is 142 cm³/mol. The summed E-state index contributed by atoms with van der Waals surface area (Å²) in [7, 11) is -3.47. The Kier molecular flexibility index (Phi) is 4.77. The van der Waals surface area contributed by atoms with E-state index in [4.69, 9.17) is 5.73 Å². The number of anilines is 1. The summed E-state index contributed by atoms with van der Waals surface area (Å²) in [4.78, 5) is 23.0. The number of rotatable bonds is 2. The normalized spacial score (nSPS) is 21.6. The smallest absolute Gasteiger partial charge is 0.264 e. The quantitative estimate of drug-likeness (QED) is 0.374. The van der Waals surface area contributed by atoms with E-state index >= 15 is 0 Å². The number of aromatic amines is 2. The fourth-order valence-corrected chi connectivity index (χ4v) is 7.71. The van der Waals surface area contributed by atoms with Gasteiger partial charge in [0.05, 0.1) is 11.4 Å². The maximum absolute atomic E-state index is 13.3. The fraction of sp³-hybridized carbons (Fsp3) is 0.296. The molecule has 0 radical (unpaired) electrons. The zero-order valence-corrected chi connectivity index (χ0v) is 20.9. The van der Waals surface area contributed by atoms with Gasteiger partial charge >= 0.3 is 0 Å². The molecule has 2 aromatic heterocycles. The maximum Gasteiger partial charge on any atom is 0.264 e. The Hall–Kier alpha value is -3.76. The second kappa shape index (κ2) is 7.87. The Bertz CT molecular complexity index is 1760. The van der Waals surface area contributed by atoms with Gasteiger partial charge in [-0.3, -0.25) is 14.9 Å². The molecule has 1 spiro atoms. The summed E-state index contributed by atoms with van der Waals surface area (Å²) >= 11 is 0. The summed E-state index contributed by atoms with van der Waals surface area (Å²) in [5.74, 6) is 0.406. The van der Waals surface area contributed by atoms with Crippen molar-refractivity contribution in [1.82, 2.24) is 20.2 Å². The molecule has 10 heteroatoms. The van der Waals surface area contributed by atoms with Gasteiger partial charge in [-0.15, -0.1) is 0 Å². The second-order valence-corrected chi connectivity index (χ2v) is 12.2. The average molecular weight is 515 g/mol. The van der Waals surface area contributed by atoms with Crippen molar-refractivity contribution in [2.75, 3.05) is 18.0 Å². The standard InChI is InChI=1S/C27H26N6O3S/c28-23-19-8-4-1-5-16(19)13-27(23)9-11-33(12-10-27)26-29-24-21(25(34)30-26)22(31-32-24)20-15-37(35,36)14-17-6-2-3-7-18(17)20/h1-8,15,23H,9-14,28H2,(H2,29,30,31,32,34)/t23-/m1/s1. The van der Waals surface area contributed by atoms with E-state index in [0.29, 0.717) is 22.8 Å². The number of hydrogen-bond donors (Lipinski definition) is 3. The molecule has 4 aromatic rings. The second-order valence-electron chi connectivity index (χ2n) is 10.4. The molecule has 0 bridgehead atoms. The third-order valence-corrected chi connectivity index (χ3v) is 9.60. The molecule has 4 heterocycles. The Morgan fingerprint density at radius 3 is 2.54 bits per heavy atom. The van der Waals surface area contributed by atoms with E-state index in [-0.39, 0.29) is 33.8 Å². The molecule has 2 aromatic carbocycles. The molecule has 7 rings (SSSR count). The highest BCUT2D eigenvalue weighted by molar-refractivity contribution is 7.93. The average Bonchev–Trinajstić information content (AvgIpc) is 3.43. The third kappa shape index (κ3) is 3.47. The molecule has 1 fully saturated rings. The summed E-state index contributed by atoms with van der Waals surface area (Å²) < 4.78 is 25.1. The van der Waals surface area contributed by atoms with Gasteiger partial charge in [0.25, 0.3) is 5.56 Å². The molecule has 0 unspecified atom stereocenters. The first-order chi connectivity index (χ1) is 17.8. The number of benzene rings is 2. The van der Waals surface area contributed by atoms with E-state index < -0.39 is 9.84 Å². The molecule has 188 valence electrons. The molecular weight excluding hydrogens is 488 g/mol. The number of fused-ring (bicyclic) bond motifs is 3. The van der Waals surface area contributed by atoms with E-state index in [9.17, 15) is 13.2 Å². The summed E-state index contributed by atoms with van der Waals surface area (Å²) in [5, 5.41) is 8.67. The van der Waals surface area contributed by atoms with Gasteiger partial charge < -0.3 is 10.6 Å². The number of aromatic nitrogens is 4. The van der Waals surface area contributed by atoms with Crippen molar-refractivity contribution in [3.8, 4) is 0 Å². The first kappa shape index (κ1) is 22.4. The van der Waals surface area contributed by atoms with Crippen LogP contribution in [0.5, 0.6) is 0 Å². The molecule has 3 aliphatic rings. The molecular formula is C27H26N6O3S. The number of piperidine rings is 1. The fourth-order valence-electron chi connectivity index (χ4n) is 6.34. The Morgan fingerprint density at radius 1 is 1.03 bits per heavy atom. The van der Waals surface area contributed by atoms with Gasteiger partial charge in [-0.1, -0.05) is 48.5 Å². The van der Waals surface area contributed by atoms with Crippen LogP contribution in [0.25, 0.3) is 16.6 Å². The zero-order chi connectivity index (χ0) is 25.4. The van der Waals surface area contributed by atoms with Crippen LogP contribution >= 0.6 is 0 Å². The van der Waals surface area contributed by atoms with Crippen LogP contribution in [0, 0.1) is 5.41 Å². The monoisotopic (exact) mass is 514 g/mol. The van der Waals surface area contributed by atoms with Gasteiger partial charge in [0, 0.05) is 30.1 Å². The molecule has 9 nitrogen and oxygen atoms in total. The summed E-state index contributed by atoms with van der Waals surface area (Å²) in [5.41, 5.74) is 11.5. The van der Waals surface area contributed by atoms with Crippen molar-refractivity contribution in [3.63, 3.8) is 0 Å². The van der Waals surface area contributed by atoms with E-state index in [2.05, 4.69) is 43.3 Å². The van der Waals surface area contributed by atoms with Crippen molar-refractivity contribution >= 4 is 32.4 Å².